The number of rotatable bonds is 5. The van der Waals surface area contributed by atoms with Crippen LogP contribution in [0.4, 0.5) is 0 Å². The molecule has 0 saturated carbocycles. The largest absolute Gasteiger partial charge is 0.493 e. The molecular weight excluding hydrogens is 332 g/mol. The molecule has 6 nitrogen and oxygen atoms in total. The molecule has 0 aliphatic carbocycles. The van der Waals surface area contributed by atoms with Crippen molar-refractivity contribution in [3.63, 3.8) is 0 Å². The molecule has 2 heterocycles. The smallest absolute Gasteiger partial charge is 0.226 e. The van der Waals surface area contributed by atoms with Crippen LogP contribution in [0.1, 0.15) is 11.3 Å². The molecule has 2 aromatic carbocycles. The lowest BCUT2D eigenvalue weighted by atomic mass is 9.96. The Morgan fingerprint density at radius 3 is 3.04 bits per heavy atom. The lowest BCUT2D eigenvalue weighted by Crippen LogP contribution is -2.35. The number of carbonyl (C=O) groups is 1. The van der Waals surface area contributed by atoms with E-state index in [1.54, 1.807) is 7.11 Å². The zero-order valence-corrected chi connectivity index (χ0v) is 14.5. The van der Waals surface area contributed by atoms with Crippen LogP contribution < -0.4 is 14.8 Å². The summed E-state index contributed by atoms with van der Waals surface area (Å²) in [7, 11) is 1.64. The van der Waals surface area contributed by atoms with Crippen molar-refractivity contribution in [2.75, 3.05) is 20.3 Å². The van der Waals surface area contributed by atoms with Gasteiger partial charge in [0.25, 0.3) is 0 Å². The van der Waals surface area contributed by atoms with Crippen LogP contribution in [-0.2, 0) is 17.6 Å². The molecule has 6 heteroatoms. The van der Waals surface area contributed by atoms with Crippen molar-refractivity contribution in [3.8, 4) is 11.5 Å². The minimum absolute atomic E-state index is 0.0690. The third-order valence-corrected chi connectivity index (χ3v) is 4.62. The van der Waals surface area contributed by atoms with Crippen LogP contribution in [0.5, 0.6) is 11.5 Å². The van der Waals surface area contributed by atoms with Crippen LogP contribution in [0.25, 0.3) is 11.0 Å². The van der Waals surface area contributed by atoms with Crippen LogP contribution in [0.15, 0.2) is 47.0 Å². The molecule has 1 aromatic heterocycles. The molecule has 1 atom stereocenters. The van der Waals surface area contributed by atoms with Gasteiger partial charge in [0.1, 0.15) is 5.69 Å². The average molecular weight is 352 g/mol. The van der Waals surface area contributed by atoms with Crippen LogP contribution in [-0.4, -0.2) is 31.3 Å². The van der Waals surface area contributed by atoms with Gasteiger partial charge >= 0.3 is 0 Å². The molecule has 4 rings (SSSR count). The third-order valence-electron chi connectivity index (χ3n) is 4.62. The molecule has 1 N–H and O–H groups in total. The van der Waals surface area contributed by atoms with Gasteiger partial charge in [0.2, 0.25) is 5.91 Å². The van der Waals surface area contributed by atoms with Gasteiger partial charge in [-0.1, -0.05) is 29.4 Å². The fourth-order valence-electron chi connectivity index (χ4n) is 3.29. The number of nitrogens with one attached hydrogen (secondary N) is 1. The Bertz CT molecular complexity index is 934. The second-order valence-corrected chi connectivity index (χ2v) is 6.44. The molecule has 0 fully saturated rings. The molecule has 0 spiro atoms. The first-order valence-electron chi connectivity index (χ1n) is 8.63. The molecule has 0 saturated heterocycles. The van der Waals surface area contributed by atoms with E-state index in [-0.39, 0.29) is 18.2 Å². The fourth-order valence-corrected chi connectivity index (χ4v) is 3.29. The van der Waals surface area contributed by atoms with E-state index in [0.717, 1.165) is 28.9 Å². The Kier molecular flexibility index (Phi) is 4.48. The Balaban J connectivity index is 1.35. The summed E-state index contributed by atoms with van der Waals surface area (Å²) in [5, 5.41) is 7.87. The predicted molar refractivity (Wildman–Crippen MR) is 96.4 cm³/mol. The van der Waals surface area contributed by atoms with E-state index >= 15 is 0 Å². The van der Waals surface area contributed by atoms with Crippen molar-refractivity contribution in [2.45, 2.75) is 12.8 Å². The maximum absolute atomic E-state index is 12.3. The Morgan fingerprint density at radius 2 is 2.15 bits per heavy atom. The second-order valence-electron chi connectivity index (χ2n) is 6.44. The van der Waals surface area contributed by atoms with Crippen molar-refractivity contribution < 1.29 is 18.8 Å². The second kappa shape index (κ2) is 7.07. The van der Waals surface area contributed by atoms with E-state index in [1.165, 1.54) is 0 Å². The molecule has 1 aliphatic rings. The molecule has 26 heavy (non-hydrogen) atoms. The summed E-state index contributed by atoms with van der Waals surface area (Å²) in [5.41, 5.74) is 2.46. The van der Waals surface area contributed by atoms with Crippen molar-refractivity contribution in [3.05, 3.63) is 53.7 Å². The molecule has 1 unspecified atom stereocenters. The number of carbonyl (C=O) groups excluding carboxylic acids is 1. The van der Waals surface area contributed by atoms with E-state index in [1.807, 2.05) is 42.5 Å². The number of hydrogen-bond acceptors (Lipinski definition) is 5. The highest BCUT2D eigenvalue weighted by Crippen LogP contribution is 2.35. The predicted octanol–water partition coefficient (Wildman–Crippen LogP) is 2.75. The van der Waals surface area contributed by atoms with Crippen molar-refractivity contribution in [1.29, 1.82) is 0 Å². The highest BCUT2D eigenvalue weighted by Gasteiger charge is 2.23. The van der Waals surface area contributed by atoms with Crippen LogP contribution in [0, 0.1) is 5.92 Å². The molecular formula is C20H20N2O4. The van der Waals surface area contributed by atoms with E-state index in [0.29, 0.717) is 24.4 Å². The van der Waals surface area contributed by atoms with Gasteiger partial charge < -0.3 is 19.3 Å². The minimum Gasteiger partial charge on any atom is -0.493 e. The average Bonchev–Trinajstić information content (AvgIpc) is 3.08. The van der Waals surface area contributed by atoms with E-state index < -0.39 is 0 Å². The maximum atomic E-state index is 12.3. The van der Waals surface area contributed by atoms with Gasteiger partial charge in [0, 0.05) is 17.8 Å². The topological polar surface area (TPSA) is 73.6 Å². The molecule has 1 amide bonds. The first-order chi connectivity index (χ1) is 12.7. The number of para-hydroxylation sites is 2. The Morgan fingerprint density at radius 1 is 1.27 bits per heavy atom. The van der Waals surface area contributed by atoms with Crippen molar-refractivity contribution in [2.24, 2.45) is 5.92 Å². The summed E-state index contributed by atoms with van der Waals surface area (Å²) in [5.74, 6) is 1.72. The summed E-state index contributed by atoms with van der Waals surface area (Å²) in [6, 6.07) is 13.4. The van der Waals surface area contributed by atoms with E-state index in [4.69, 9.17) is 14.0 Å². The van der Waals surface area contributed by atoms with Gasteiger partial charge in [-0.25, -0.2) is 0 Å². The van der Waals surface area contributed by atoms with Gasteiger partial charge in [0.05, 0.1) is 20.1 Å². The summed E-state index contributed by atoms with van der Waals surface area (Å²) in [6.45, 7) is 1.12. The first-order valence-corrected chi connectivity index (χ1v) is 8.63. The van der Waals surface area contributed by atoms with E-state index in [9.17, 15) is 4.79 Å². The minimum atomic E-state index is -0.0690. The lowest BCUT2D eigenvalue weighted by Gasteiger charge is -2.26. The number of benzene rings is 2. The number of aromatic nitrogens is 1. The van der Waals surface area contributed by atoms with E-state index in [2.05, 4.69) is 10.5 Å². The third kappa shape index (κ3) is 3.22. The van der Waals surface area contributed by atoms with Gasteiger partial charge in [-0.05, 0) is 30.2 Å². The molecule has 0 bridgehead atoms. The molecule has 1 aliphatic heterocycles. The number of amides is 1. The van der Waals surface area contributed by atoms with Gasteiger partial charge in [-0.2, -0.15) is 0 Å². The van der Waals surface area contributed by atoms with Crippen LogP contribution >= 0.6 is 0 Å². The number of ether oxygens (including phenoxy) is 2. The monoisotopic (exact) mass is 352 g/mol. The van der Waals surface area contributed by atoms with Gasteiger partial charge in [-0.3, -0.25) is 4.79 Å². The van der Waals surface area contributed by atoms with Crippen molar-refractivity contribution >= 4 is 16.9 Å². The van der Waals surface area contributed by atoms with Gasteiger partial charge in [0.15, 0.2) is 17.1 Å². The highest BCUT2D eigenvalue weighted by molar-refractivity contribution is 5.86. The quantitative estimate of drug-likeness (QED) is 0.764. The number of nitrogens with zero attached hydrogens (tertiary/aromatic N) is 1. The van der Waals surface area contributed by atoms with Crippen molar-refractivity contribution in [1.82, 2.24) is 10.5 Å². The number of hydrogen-bond donors (Lipinski definition) is 1. The first kappa shape index (κ1) is 16.4. The van der Waals surface area contributed by atoms with Crippen LogP contribution in [0.3, 0.4) is 0 Å². The molecule has 0 radical (unpaired) electrons. The fraction of sp³-hybridized carbons (Fsp3) is 0.300. The lowest BCUT2D eigenvalue weighted by molar-refractivity contribution is -0.120. The Hall–Kier alpha value is -3.02. The Labute approximate surface area is 151 Å². The summed E-state index contributed by atoms with van der Waals surface area (Å²) < 4.78 is 16.4. The summed E-state index contributed by atoms with van der Waals surface area (Å²) >= 11 is 0. The summed E-state index contributed by atoms with van der Waals surface area (Å²) in [6.07, 6.45) is 1.05. The number of methoxy groups -OCH3 is 1. The zero-order valence-electron chi connectivity index (χ0n) is 14.5. The number of fused-ring (bicyclic) bond motifs is 2. The van der Waals surface area contributed by atoms with Crippen LogP contribution in [0.2, 0.25) is 0 Å². The molecule has 134 valence electrons. The summed E-state index contributed by atoms with van der Waals surface area (Å²) in [4.78, 5) is 12.3. The van der Waals surface area contributed by atoms with Gasteiger partial charge in [-0.15, -0.1) is 0 Å². The standard InChI is InChI=1S/C20H20N2O4/c1-24-18-8-4-5-14-9-13(12-25-20(14)18)11-21-19(23)10-16-15-6-2-3-7-17(15)26-22-16/h2-8,13H,9-12H2,1H3,(H,21,23). The molecule has 3 aromatic rings. The highest BCUT2D eigenvalue weighted by atomic mass is 16.5. The normalized spacial score (nSPS) is 16.0. The SMILES string of the molecule is COc1cccc2c1OCC(CNC(=O)Cc1noc3ccccc13)C2. The maximum Gasteiger partial charge on any atom is 0.226 e. The zero-order chi connectivity index (χ0) is 17.9.